The van der Waals surface area contributed by atoms with Crippen LogP contribution in [0.3, 0.4) is 0 Å². The van der Waals surface area contributed by atoms with Crippen LogP contribution in [0.2, 0.25) is 0 Å². The maximum absolute atomic E-state index is 13.0. The maximum Gasteiger partial charge on any atom is 0.308 e. The van der Waals surface area contributed by atoms with Gasteiger partial charge >= 0.3 is 5.97 Å². The van der Waals surface area contributed by atoms with Gasteiger partial charge < -0.3 is 14.6 Å². The number of rotatable bonds is 5. The lowest BCUT2D eigenvalue weighted by Gasteiger charge is -2.54. The third-order valence-electron chi connectivity index (χ3n) is 10.8. The molecule has 10 atom stereocenters. The second-order valence-corrected chi connectivity index (χ2v) is 12.8. The number of carbonyl (C=O) groups excluding carboxylic acids is 1. The highest BCUT2D eigenvalue weighted by molar-refractivity contribution is 5.71. The van der Waals surface area contributed by atoms with E-state index < -0.39 is 11.9 Å². The summed E-state index contributed by atoms with van der Waals surface area (Å²) in [5, 5.41) is 10.4. The summed E-state index contributed by atoms with van der Waals surface area (Å²) in [6.07, 6.45) is 10.5. The first-order valence-electron chi connectivity index (χ1n) is 13.2. The molecule has 5 aliphatic rings. The summed E-state index contributed by atoms with van der Waals surface area (Å²) < 4.78 is 12.1. The van der Waals surface area contributed by atoms with Gasteiger partial charge in [0, 0.05) is 11.8 Å². The van der Waals surface area contributed by atoms with E-state index >= 15 is 0 Å². The minimum Gasteiger partial charge on any atom is -0.429 e. The van der Waals surface area contributed by atoms with Crippen molar-refractivity contribution in [1.29, 1.82) is 0 Å². The first-order valence-corrected chi connectivity index (χ1v) is 13.2. The normalized spacial score (nSPS) is 51.8. The third-order valence-corrected chi connectivity index (χ3v) is 10.8. The number of esters is 1. The van der Waals surface area contributed by atoms with Crippen molar-refractivity contribution >= 4 is 5.97 Å². The molecule has 0 aromatic rings. The van der Waals surface area contributed by atoms with Crippen LogP contribution in [-0.2, 0) is 14.3 Å². The Bertz CT molecular complexity index is 720. The first-order chi connectivity index (χ1) is 14.6. The fourth-order valence-electron chi connectivity index (χ4n) is 9.15. The SMILES string of the molecule is CC(C)CCC[C@@H](C)[C@H]1CC[C@H]2[C@@H]3CC(=O)O[C@]45O[C@H]4[C@H](O)CC[C@]5(C)[C@H]3CC[C@]12C. The number of carbonyl (C=O) groups is 1. The number of aliphatic hydroxyl groups excluding tert-OH is 1. The topological polar surface area (TPSA) is 59.1 Å². The van der Waals surface area contributed by atoms with Crippen molar-refractivity contribution in [2.75, 3.05) is 0 Å². The Kier molecular flexibility index (Phi) is 5.33. The van der Waals surface area contributed by atoms with E-state index in [9.17, 15) is 9.90 Å². The largest absolute Gasteiger partial charge is 0.429 e. The zero-order valence-corrected chi connectivity index (χ0v) is 20.4. The van der Waals surface area contributed by atoms with Crippen LogP contribution in [0.1, 0.15) is 98.8 Å². The number of aliphatic hydroxyl groups is 1. The van der Waals surface area contributed by atoms with Gasteiger partial charge in [-0.25, -0.2) is 0 Å². The molecule has 0 aromatic carbocycles. The number of epoxide rings is 1. The first kappa shape index (κ1) is 22.2. The molecule has 4 nitrogen and oxygen atoms in total. The molecule has 5 rings (SSSR count). The third kappa shape index (κ3) is 3.17. The minimum atomic E-state index is -0.850. The Morgan fingerprint density at radius 1 is 1.03 bits per heavy atom. The molecule has 0 amide bonds. The molecule has 4 heteroatoms. The summed E-state index contributed by atoms with van der Waals surface area (Å²) in [7, 11) is 0. The fourth-order valence-corrected chi connectivity index (χ4v) is 9.15. The second-order valence-electron chi connectivity index (χ2n) is 12.8. The smallest absolute Gasteiger partial charge is 0.308 e. The average Bonchev–Trinajstić information content (AvgIpc) is 3.34. The van der Waals surface area contributed by atoms with Crippen molar-refractivity contribution in [2.45, 2.75) is 117 Å². The van der Waals surface area contributed by atoms with Gasteiger partial charge in [-0.1, -0.05) is 53.9 Å². The molecule has 2 aliphatic heterocycles. The van der Waals surface area contributed by atoms with E-state index in [1.807, 2.05) is 0 Å². The number of hydrogen-bond acceptors (Lipinski definition) is 4. The maximum atomic E-state index is 13.0. The zero-order valence-electron chi connectivity index (χ0n) is 20.4. The summed E-state index contributed by atoms with van der Waals surface area (Å²) in [5.41, 5.74) is 0.195. The highest BCUT2D eigenvalue weighted by atomic mass is 16.8. The molecule has 2 heterocycles. The van der Waals surface area contributed by atoms with E-state index in [1.165, 1.54) is 44.9 Å². The molecule has 0 aromatic heterocycles. The molecule has 3 saturated carbocycles. The quantitative estimate of drug-likeness (QED) is 0.446. The van der Waals surface area contributed by atoms with Crippen LogP contribution in [0.5, 0.6) is 0 Å². The van der Waals surface area contributed by atoms with Crippen molar-refractivity contribution in [2.24, 2.45) is 46.3 Å². The lowest BCUT2D eigenvalue weighted by molar-refractivity contribution is -0.181. The number of fused-ring (bicyclic) bond motifs is 4. The van der Waals surface area contributed by atoms with Crippen LogP contribution >= 0.6 is 0 Å². The van der Waals surface area contributed by atoms with Crippen LogP contribution in [0.4, 0.5) is 0 Å². The summed E-state index contributed by atoms with van der Waals surface area (Å²) in [6.45, 7) is 12.0. The van der Waals surface area contributed by atoms with Crippen molar-refractivity contribution in [3.63, 3.8) is 0 Å². The van der Waals surface area contributed by atoms with Gasteiger partial charge in [-0.15, -0.1) is 0 Å². The molecule has 1 spiro atoms. The lowest BCUT2D eigenvalue weighted by atomic mass is 9.49. The summed E-state index contributed by atoms with van der Waals surface area (Å²) in [6, 6.07) is 0. The van der Waals surface area contributed by atoms with Gasteiger partial charge in [0.1, 0.15) is 0 Å². The van der Waals surface area contributed by atoms with Crippen molar-refractivity contribution in [3.8, 4) is 0 Å². The van der Waals surface area contributed by atoms with Gasteiger partial charge in [-0.2, -0.15) is 0 Å². The monoisotopic (exact) mass is 432 g/mol. The molecule has 0 bridgehead atoms. The molecule has 31 heavy (non-hydrogen) atoms. The van der Waals surface area contributed by atoms with Gasteiger partial charge in [-0.3, -0.25) is 4.79 Å². The molecule has 0 radical (unpaired) electrons. The molecule has 2 saturated heterocycles. The number of ether oxygens (including phenoxy) is 2. The Hall–Kier alpha value is -0.610. The molecule has 176 valence electrons. The van der Waals surface area contributed by atoms with Crippen molar-refractivity contribution < 1.29 is 19.4 Å². The van der Waals surface area contributed by atoms with Crippen molar-refractivity contribution in [3.05, 3.63) is 0 Å². The second kappa shape index (κ2) is 7.45. The van der Waals surface area contributed by atoms with Crippen LogP contribution < -0.4 is 0 Å². The minimum absolute atomic E-state index is 0.0898. The molecule has 0 unspecified atom stereocenters. The fraction of sp³-hybridized carbons (Fsp3) is 0.963. The Labute approximate surface area is 188 Å². The predicted molar refractivity (Wildman–Crippen MR) is 120 cm³/mol. The summed E-state index contributed by atoms with van der Waals surface area (Å²) in [5.74, 6) is 2.89. The van der Waals surface area contributed by atoms with Gasteiger partial charge in [-0.05, 0) is 79.4 Å². The highest BCUT2D eigenvalue weighted by Gasteiger charge is 2.79. The van der Waals surface area contributed by atoms with Gasteiger partial charge in [0.2, 0.25) is 5.79 Å². The molecule has 3 aliphatic carbocycles. The van der Waals surface area contributed by atoms with E-state index in [0.29, 0.717) is 29.6 Å². The Balaban J connectivity index is 1.38. The van der Waals surface area contributed by atoms with Crippen LogP contribution in [-0.4, -0.2) is 29.1 Å². The summed E-state index contributed by atoms with van der Waals surface area (Å²) >= 11 is 0. The zero-order chi connectivity index (χ0) is 22.2. The highest BCUT2D eigenvalue weighted by Crippen LogP contribution is 2.71. The van der Waals surface area contributed by atoms with Gasteiger partial charge in [0.25, 0.3) is 0 Å². The van der Waals surface area contributed by atoms with Crippen LogP contribution in [0.15, 0.2) is 0 Å². The number of hydrogen-bond donors (Lipinski definition) is 1. The van der Waals surface area contributed by atoms with Crippen molar-refractivity contribution in [1.82, 2.24) is 0 Å². The summed E-state index contributed by atoms with van der Waals surface area (Å²) in [4.78, 5) is 13.0. The Morgan fingerprint density at radius 2 is 1.81 bits per heavy atom. The molecular formula is C27H44O4. The van der Waals surface area contributed by atoms with E-state index in [-0.39, 0.29) is 17.5 Å². The van der Waals surface area contributed by atoms with Crippen LogP contribution in [0, 0.1) is 46.3 Å². The lowest BCUT2D eigenvalue weighted by Crippen LogP contribution is -2.54. The average molecular weight is 433 g/mol. The standard InChI is InChI=1S/C27H44O4/c1-16(2)7-6-8-17(3)19-9-10-20-18-15-23(29)30-27-24(31-27)22(28)12-14-26(27,5)21(18)11-13-25(19,20)4/h16-22,24,28H,6-15H2,1-5H3/t17-,18+,19-,20+,21+,22-,24+,25-,26-,27+/m1/s1. The molecular weight excluding hydrogens is 388 g/mol. The molecule has 5 fully saturated rings. The molecule has 1 N–H and O–H groups in total. The predicted octanol–water partition coefficient (Wildman–Crippen LogP) is 5.71. The van der Waals surface area contributed by atoms with Gasteiger partial charge in [0.05, 0.1) is 6.10 Å². The van der Waals surface area contributed by atoms with E-state index in [2.05, 4.69) is 34.6 Å². The van der Waals surface area contributed by atoms with Crippen LogP contribution in [0.25, 0.3) is 0 Å². The Morgan fingerprint density at radius 3 is 2.55 bits per heavy atom. The van der Waals surface area contributed by atoms with E-state index in [0.717, 1.165) is 30.6 Å². The van der Waals surface area contributed by atoms with E-state index in [4.69, 9.17) is 9.47 Å². The van der Waals surface area contributed by atoms with Gasteiger partial charge in [0.15, 0.2) is 6.10 Å². The van der Waals surface area contributed by atoms with E-state index in [1.54, 1.807) is 0 Å².